The molecule has 4 atom stereocenters. The van der Waals surface area contributed by atoms with E-state index in [4.69, 9.17) is 0 Å². The zero-order valence-corrected chi connectivity index (χ0v) is 17.4. The average Bonchev–Trinajstić information content (AvgIpc) is 2.59. The molecule has 0 aliphatic heterocycles. The lowest BCUT2D eigenvalue weighted by Gasteiger charge is -2.02. The second-order valence-corrected chi connectivity index (χ2v) is 10.3. The van der Waals surface area contributed by atoms with Crippen LogP contribution in [-0.2, 0) is 9.13 Å². The number of hydrogen-bond acceptors (Lipinski definition) is 4. The van der Waals surface area contributed by atoms with Crippen LogP contribution in [0.3, 0.4) is 0 Å². The molecule has 24 heavy (non-hydrogen) atoms. The number of rotatable bonds is 17. The molecule has 4 nitrogen and oxygen atoms in total. The van der Waals surface area contributed by atoms with Gasteiger partial charge in [0.1, 0.15) is 12.3 Å². The minimum atomic E-state index is -1.89. The van der Waals surface area contributed by atoms with Gasteiger partial charge in [0.15, 0.2) is 0 Å². The van der Waals surface area contributed by atoms with Gasteiger partial charge in [-0.2, -0.15) is 0 Å². The van der Waals surface area contributed by atoms with Crippen LogP contribution in [0.5, 0.6) is 0 Å². The van der Waals surface area contributed by atoms with Crippen LogP contribution in [-0.4, -0.2) is 34.2 Å². The number of aliphatic hydroxyl groups excluding tert-OH is 2. The van der Waals surface area contributed by atoms with Crippen molar-refractivity contribution in [2.24, 2.45) is 0 Å². The molecule has 0 aliphatic rings. The zero-order valence-electron chi connectivity index (χ0n) is 15.7. The van der Waals surface area contributed by atoms with Crippen molar-refractivity contribution in [1.29, 1.82) is 0 Å². The predicted molar refractivity (Wildman–Crippen MR) is 104 cm³/mol. The van der Waals surface area contributed by atoms with Crippen molar-refractivity contribution in [3.63, 3.8) is 0 Å². The smallest absolute Gasteiger partial charge is 0.345 e. The fraction of sp³-hybridized carbons (Fsp3) is 1.00. The van der Waals surface area contributed by atoms with E-state index in [1.807, 2.05) is 0 Å². The molecule has 0 amide bonds. The molecule has 0 fully saturated rings. The van der Waals surface area contributed by atoms with Crippen LogP contribution in [0, 0.1) is 0 Å². The van der Waals surface area contributed by atoms with Gasteiger partial charge in [0.2, 0.25) is 0 Å². The van der Waals surface area contributed by atoms with Crippen LogP contribution in [0.2, 0.25) is 0 Å². The lowest BCUT2D eigenvalue weighted by molar-refractivity contribution is 0.122. The highest BCUT2D eigenvalue weighted by atomic mass is 31.1. The summed E-state index contributed by atoms with van der Waals surface area (Å²) in [6, 6.07) is 0. The van der Waals surface area contributed by atoms with E-state index >= 15 is 0 Å². The van der Waals surface area contributed by atoms with E-state index in [1.165, 1.54) is 38.5 Å². The maximum atomic E-state index is 12.0. The summed E-state index contributed by atoms with van der Waals surface area (Å²) in [7, 11) is -3.79. The first-order valence-electron chi connectivity index (χ1n) is 9.78. The van der Waals surface area contributed by atoms with Gasteiger partial charge in [-0.15, -0.1) is 0 Å². The normalized spacial score (nSPS) is 15.2. The van der Waals surface area contributed by atoms with Crippen molar-refractivity contribution in [2.75, 3.05) is 12.3 Å². The van der Waals surface area contributed by atoms with Crippen molar-refractivity contribution in [2.45, 2.75) is 103 Å². The van der Waals surface area contributed by atoms with Crippen molar-refractivity contribution in [1.82, 2.24) is 0 Å². The Hall–Kier alpha value is 0.120. The standard InChI is InChI=1S/C18H38O4P2/c1-3-5-7-9-11-13-15-23(21)17(19)18(20)24(22)16-14-12-10-8-6-4-2/h17-20H,3-16H2,1-2H3/q+2. The number of hydrogen-bond donors (Lipinski definition) is 2. The van der Waals surface area contributed by atoms with Gasteiger partial charge in [-0.3, -0.25) is 0 Å². The van der Waals surface area contributed by atoms with Gasteiger partial charge >= 0.3 is 27.3 Å². The van der Waals surface area contributed by atoms with E-state index in [0.717, 1.165) is 38.5 Å². The third kappa shape index (κ3) is 12.5. The fourth-order valence-corrected chi connectivity index (χ4v) is 5.74. The second-order valence-electron chi connectivity index (χ2n) is 6.64. The van der Waals surface area contributed by atoms with E-state index in [-0.39, 0.29) is 0 Å². The lowest BCUT2D eigenvalue weighted by Crippen LogP contribution is -2.20. The lowest BCUT2D eigenvalue weighted by atomic mass is 10.1. The Morgan fingerprint density at radius 1 is 0.583 bits per heavy atom. The van der Waals surface area contributed by atoms with Crippen molar-refractivity contribution in [3.8, 4) is 0 Å². The van der Waals surface area contributed by atoms with Crippen LogP contribution < -0.4 is 0 Å². The molecule has 0 aromatic carbocycles. The summed E-state index contributed by atoms with van der Waals surface area (Å²) in [5.41, 5.74) is 0. The molecule has 0 rings (SSSR count). The van der Waals surface area contributed by atoms with E-state index < -0.39 is 27.3 Å². The molecule has 6 heteroatoms. The third-order valence-corrected chi connectivity index (χ3v) is 7.82. The highest BCUT2D eigenvalue weighted by Gasteiger charge is 2.45. The van der Waals surface area contributed by atoms with Gasteiger partial charge in [0, 0.05) is 0 Å². The molecular weight excluding hydrogens is 342 g/mol. The van der Waals surface area contributed by atoms with Gasteiger partial charge in [-0.05, 0) is 25.7 Å². The molecule has 0 bridgehead atoms. The topological polar surface area (TPSA) is 74.6 Å². The highest BCUT2D eigenvalue weighted by molar-refractivity contribution is 7.49. The molecule has 2 N–H and O–H groups in total. The van der Waals surface area contributed by atoms with Crippen molar-refractivity contribution < 1.29 is 19.3 Å². The van der Waals surface area contributed by atoms with Crippen LogP contribution in [0.1, 0.15) is 90.9 Å². The Balaban J connectivity index is 3.83. The number of unbranched alkanes of at least 4 members (excludes halogenated alkanes) is 10. The van der Waals surface area contributed by atoms with Crippen LogP contribution >= 0.6 is 15.6 Å². The van der Waals surface area contributed by atoms with Gasteiger partial charge in [-0.25, -0.2) is 0 Å². The molecule has 0 aromatic rings. The Morgan fingerprint density at radius 2 is 0.875 bits per heavy atom. The maximum Gasteiger partial charge on any atom is 0.377 e. The quantitative estimate of drug-likeness (QED) is 0.240. The van der Waals surface area contributed by atoms with Gasteiger partial charge in [0.05, 0.1) is 0 Å². The summed E-state index contributed by atoms with van der Waals surface area (Å²) in [5.74, 6) is -2.67. The molecule has 0 spiro atoms. The minimum absolute atomic E-state index is 0.417. The van der Waals surface area contributed by atoms with Gasteiger partial charge in [0.25, 0.3) is 0 Å². The number of aliphatic hydroxyl groups is 2. The Morgan fingerprint density at radius 3 is 1.21 bits per heavy atom. The Bertz CT molecular complexity index is 305. The minimum Gasteiger partial charge on any atom is -0.345 e. The molecule has 0 saturated heterocycles. The van der Waals surface area contributed by atoms with E-state index in [0.29, 0.717) is 12.3 Å². The first-order valence-corrected chi connectivity index (χ1v) is 12.8. The Kier molecular flexibility index (Phi) is 16.7. The molecular formula is C18H38O4P2+2. The fourth-order valence-electron chi connectivity index (χ4n) is 2.66. The van der Waals surface area contributed by atoms with E-state index in [2.05, 4.69) is 13.8 Å². The average molecular weight is 380 g/mol. The van der Waals surface area contributed by atoms with Gasteiger partial charge in [-0.1, -0.05) is 74.3 Å². The van der Waals surface area contributed by atoms with Crippen LogP contribution in [0.25, 0.3) is 0 Å². The molecule has 0 aromatic heterocycles. The Labute approximate surface area is 150 Å². The largest absolute Gasteiger partial charge is 0.377 e. The zero-order chi connectivity index (χ0) is 18.2. The van der Waals surface area contributed by atoms with E-state index in [1.54, 1.807) is 0 Å². The summed E-state index contributed by atoms with van der Waals surface area (Å²) < 4.78 is 24.1. The predicted octanol–water partition coefficient (Wildman–Crippen LogP) is 6.00. The van der Waals surface area contributed by atoms with E-state index in [9.17, 15) is 19.3 Å². The summed E-state index contributed by atoms with van der Waals surface area (Å²) in [6.45, 7) is 4.34. The van der Waals surface area contributed by atoms with Gasteiger partial charge < -0.3 is 10.2 Å². The van der Waals surface area contributed by atoms with Crippen molar-refractivity contribution in [3.05, 3.63) is 0 Å². The van der Waals surface area contributed by atoms with Crippen LogP contribution in [0.4, 0.5) is 0 Å². The SMILES string of the molecule is CCCCCCCC[P+](=O)C(O)C(O)[P+](=O)CCCCCCCC. The summed E-state index contributed by atoms with van der Waals surface area (Å²) in [4.78, 5) is 0. The molecule has 0 radical (unpaired) electrons. The summed E-state index contributed by atoms with van der Waals surface area (Å²) >= 11 is 0. The highest BCUT2D eigenvalue weighted by Crippen LogP contribution is 2.40. The summed E-state index contributed by atoms with van der Waals surface area (Å²) in [5, 5.41) is 19.9. The first-order chi connectivity index (χ1) is 11.5. The molecule has 0 saturated carbocycles. The molecule has 0 heterocycles. The molecule has 4 unspecified atom stereocenters. The first kappa shape index (κ1) is 24.1. The summed E-state index contributed by atoms with van der Waals surface area (Å²) in [6.07, 6.45) is 14.0. The molecule has 142 valence electrons. The van der Waals surface area contributed by atoms with Crippen molar-refractivity contribution >= 4 is 15.6 Å². The second kappa shape index (κ2) is 16.6. The monoisotopic (exact) mass is 380 g/mol. The third-order valence-electron chi connectivity index (χ3n) is 4.32. The molecule has 0 aliphatic carbocycles. The maximum absolute atomic E-state index is 12.0. The van der Waals surface area contributed by atoms with Crippen LogP contribution in [0.15, 0.2) is 0 Å².